The van der Waals surface area contributed by atoms with Crippen molar-refractivity contribution in [1.82, 2.24) is 29.4 Å². The Morgan fingerprint density at radius 3 is 2.50 bits per heavy atom. The molecule has 1 N–H and O–H groups in total. The first-order valence-corrected chi connectivity index (χ1v) is 14.5. The molecule has 15 heteroatoms. The second-order valence-electron chi connectivity index (χ2n) is 10.8. The van der Waals surface area contributed by atoms with Gasteiger partial charge in [-0.1, -0.05) is 11.3 Å². The third kappa shape index (κ3) is 6.31. The number of thiophene rings is 1. The number of hydrogen-bond donors (Lipinski definition) is 1. The van der Waals surface area contributed by atoms with E-state index in [1.165, 1.54) is 48.6 Å². The van der Waals surface area contributed by atoms with Crippen molar-refractivity contribution in [3.05, 3.63) is 68.4 Å². The largest absolute Gasteiger partial charge is 0.426 e. The van der Waals surface area contributed by atoms with Gasteiger partial charge in [-0.05, 0) is 52.8 Å². The second kappa shape index (κ2) is 12.9. The molecule has 4 rings (SSSR count). The van der Waals surface area contributed by atoms with Crippen LogP contribution in [0, 0.1) is 24.1 Å². The molecule has 0 saturated heterocycles. The maximum absolute atomic E-state index is 14.6. The molecule has 3 heterocycles. The fourth-order valence-electron chi connectivity index (χ4n) is 4.71. The first-order chi connectivity index (χ1) is 20.8. The Morgan fingerprint density at radius 1 is 1.20 bits per heavy atom. The molecular formula is C29H32FN7O6S. The van der Waals surface area contributed by atoms with E-state index in [9.17, 15) is 23.6 Å². The number of carbonyl (C=O) groups excluding carboxylic acids is 2. The number of halogens is 1. The highest BCUT2D eigenvalue weighted by Crippen LogP contribution is 2.34. The quantitative estimate of drug-likeness (QED) is 0.150. The number of carbonyl (C=O) groups is 2. The number of fused-ring (bicyclic) bond motifs is 1. The van der Waals surface area contributed by atoms with Crippen LogP contribution in [-0.2, 0) is 26.4 Å². The molecule has 0 radical (unpaired) electrons. The average Bonchev–Trinajstić information content (AvgIpc) is 3.58. The van der Waals surface area contributed by atoms with Crippen LogP contribution in [-0.4, -0.2) is 48.7 Å². The van der Waals surface area contributed by atoms with Crippen molar-refractivity contribution in [3.8, 4) is 16.8 Å². The van der Waals surface area contributed by atoms with Crippen LogP contribution in [0.3, 0.4) is 0 Å². The maximum Gasteiger partial charge on any atom is 0.333 e. The number of aryl methyl sites for hydroxylation is 1. The van der Waals surface area contributed by atoms with E-state index in [1.54, 1.807) is 20.8 Å². The Bertz CT molecular complexity index is 1870. The molecule has 1 aromatic carbocycles. The van der Waals surface area contributed by atoms with E-state index in [-0.39, 0.29) is 47.1 Å². The zero-order chi connectivity index (χ0) is 32.3. The molecule has 0 saturated carbocycles. The van der Waals surface area contributed by atoms with Crippen molar-refractivity contribution >= 4 is 33.4 Å². The summed E-state index contributed by atoms with van der Waals surface area (Å²) in [5.41, 5.74) is -2.57. The smallest absolute Gasteiger partial charge is 0.333 e. The van der Waals surface area contributed by atoms with E-state index in [0.717, 1.165) is 28.0 Å². The van der Waals surface area contributed by atoms with Gasteiger partial charge in [-0.25, -0.2) is 13.8 Å². The number of ether oxygens (including phenoxy) is 2. The summed E-state index contributed by atoms with van der Waals surface area (Å²) in [5.74, 6) is -1.87. The normalized spacial score (nSPS) is 12.3. The summed E-state index contributed by atoms with van der Waals surface area (Å²) < 4.78 is 28.0. The zero-order valence-corrected chi connectivity index (χ0v) is 25.9. The predicted molar refractivity (Wildman–Crippen MR) is 159 cm³/mol. The lowest BCUT2D eigenvalue weighted by Crippen LogP contribution is -2.56. The van der Waals surface area contributed by atoms with Crippen molar-refractivity contribution in [2.45, 2.75) is 72.2 Å². The Morgan fingerprint density at radius 2 is 1.89 bits per heavy atom. The van der Waals surface area contributed by atoms with E-state index in [4.69, 9.17) is 14.7 Å². The van der Waals surface area contributed by atoms with Crippen LogP contribution < -0.4 is 21.3 Å². The van der Waals surface area contributed by atoms with Gasteiger partial charge in [-0.3, -0.25) is 19.0 Å². The summed E-state index contributed by atoms with van der Waals surface area (Å²) in [4.78, 5) is 55.1. The number of amides is 1. The molecule has 0 aliphatic rings. The lowest BCUT2D eigenvalue weighted by atomic mass is 10.0. The number of rotatable bonds is 11. The molecule has 0 spiro atoms. The van der Waals surface area contributed by atoms with Gasteiger partial charge < -0.3 is 14.8 Å². The Balaban J connectivity index is 2.03. The lowest BCUT2D eigenvalue weighted by Gasteiger charge is -2.28. The summed E-state index contributed by atoms with van der Waals surface area (Å²) in [7, 11) is 0. The van der Waals surface area contributed by atoms with E-state index in [2.05, 4.69) is 15.5 Å². The number of nitriles is 1. The van der Waals surface area contributed by atoms with Gasteiger partial charge in [0.1, 0.15) is 33.0 Å². The first kappa shape index (κ1) is 32.2. The molecule has 4 aromatic rings. The Labute approximate surface area is 255 Å². The SMILES string of the molecule is CC(=O)Oc1ccc(F)cc1[C@@H](Cn1c(=O)n(C(C)(C)C(=O)NC(C)C)c(=O)c2c(C)c(-n3nccn3)sc21)OCCC#N. The van der Waals surface area contributed by atoms with Gasteiger partial charge in [0, 0.05) is 24.1 Å². The Kier molecular flexibility index (Phi) is 9.45. The third-order valence-corrected chi connectivity index (χ3v) is 8.06. The fourth-order valence-corrected chi connectivity index (χ4v) is 5.93. The molecule has 0 unspecified atom stereocenters. The van der Waals surface area contributed by atoms with Crippen LogP contribution in [0.1, 0.15) is 58.3 Å². The zero-order valence-electron chi connectivity index (χ0n) is 25.1. The summed E-state index contributed by atoms with van der Waals surface area (Å²) in [6.45, 7) is 8.93. The number of benzene rings is 1. The average molecular weight is 626 g/mol. The standard InChI is InChI=1S/C29H32FN7O6S/c1-16(2)34-27(40)29(5,6)36-24(39)23-17(3)25(37-32-11-12-33-37)44-26(23)35(28(36)41)15-22(42-13-7-10-31)20-14-19(30)8-9-21(20)43-18(4)38/h8-9,11-12,14,16,22H,7,13,15H2,1-6H3,(H,34,40)/t22-/m1/s1. The fraction of sp³-hybridized carbons (Fsp3) is 0.414. The van der Waals surface area contributed by atoms with Crippen LogP contribution in [0.25, 0.3) is 15.2 Å². The van der Waals surface area contributed by atoms with Crippen LogP contribution in [0.2, 0.25) is 0 Å². The van der Waals surface area contributed by atoms with Crippen LogP contribution in [0.5, 0.6) is 5.75 Å². The minimum Gasteiger partial charge on any atom is -0.426 e. The van der Waals surface area contributed by atoms with E-state index >= 15 is 0 Å². The summed E-state index contributed by atoms with van der Waals surface area (Å²) in [6.07, 6.45) is 1.79. The van der Waals surface area contributed by atoms with E-state index in [1.807, 2.05) is 6.07 Å². The highest BCUT2D eigenvalue weighted by Gasteiger charge is 2.36. The molecule has 1 amide bonds. The summed E-state index contributed by atoms with van der Waals surface area (Å²) >= 11 is 1.08. The van der Waals surface area contributed by atoms with Crippen LogP contribution in [0.15, 0.2) is 40.2 Å². The van der Waals surface area contributed by atoms with E-state index < -0.39 is 40.6 Å². The van der Waals surface area contributed by atoms with Gasteiger partial charge in [0.05, 0.1) is 43.4 Å². The molecule has 3 aromatic heterocycles. The molecule has 13 nitrogen and oxygen atoms in total. The van der Waals surface area contributed by atoms with Crippen LogP contribution in [0.4, 0.5) is 4.39 Å². The molecule has 44 heavy (non-hydrogen) atoms. The molecule has 0 aliphatic heterocycles. The molecular weight excluding hydrogens is 593 g/mol. The monoisotopic (exact) mass is 625 g/mol. The highest BCUT2D eigenvalue weighted by atomic mass is 32.1. The number of nitrogens with zero attached hydrogens (tertiary/aromatic N) is 6. The number of nitrogens with one attached hydrogen (secondary N) is 1. The Hall–Kier alpha value is -4.68. The van der Waals surface area contributed by atoms with E-state index in [0.29, 0.717) is 10.6 Å². The van der Waals surface area contributed by atoms with Gasteiger partial charge in [0.25, 0.3) is 5.56 Å². The summed E-state index contributed by atoms with van der Waals surface area (Å²) in [6, 6.07) is 5.20. The van der Waals surface area contributed by atoms with Crippen LogP contribution >= 0.6 is 11.3 Å². The lowest BCUT2D eigenvalue weighted by molar-refractivity contribution is -0.132. The highest BCUT2D eigenvalue weighted by molar-refractivity contribution is 7.21. The van der Waals surface area contributed by atoms with Crippen molar-refractivity contribution in [3.63, 3.8) is 0 Å². The molecule has 232 valence electrons. The number of hydrogen-bond acceptors (Lipinski definition) is 10. The molecule has 0 fully saturated rings. The van der Waals surface area contributed by atoms with Gasteiger partial charge >= 0.3 is 11.7 Å². The number of aromatic nitrogens is 5. The maximum atomic E-state index is 14.6. The molecule has 0 bridgehead atoms. The second-order valence-corrected chi connectivity index (χ2v) is 11.8. The van der Waals surface area contributed by atoms with Crippen molar-refractivity contribution in [2.75, 3.05) is 6.61 Å². The van der Waals surface area contributed by atoms with Gasteiger partial charge in [-0.2, -0.15) is 15.5 Å². The van der Waals surface area contributed by atoms with Gasteiger partial charge in [0.15, 0.2) is 0 Å². The van der Waals surface area contributed by atoms with Gasteiger partial charge in [-0.15, -0.1) is 4.80 Å². The van der Waals surface area contributed by atoms with Crippen molar-refractivity contribution < 1.29 is 23.5 Å². The minimum atomic E-state index is -1.63. The third-order valence-electron chi connectivity index (χ3n) is 6.78. The molecule has 0 aliphatic carbocycles. The molecule has 1 atom stereocenters. The van der Waals surface area contributed by atoms with Gasteiger partial charge in [0.2, 0.25) is 5.91 Å². The topological polar surface area (TPSA) is 163 Å². The van der Waals surface area contributed by atoms with Crippen molar-refractivity contribution in [1.29, 1.82) is 5.26 Å². The number of esters is 1. The first-order valence-electron chi connectivity index (χ1n) is 13.7. The minimum absolute atomic E-state index is 0.00102. The predicted octanol–water partition coefficient (Wildman–Crippen LogP) is 3.11. The van der Waals surface area contributed by atoms with Crippen molar-refractivity contribution in [2.24, 2.45) is 0 Å². The summed E-state index contributed by atoms with van der Waals surface area (Å²) in [5, 5.41) is 20.9.